The first-order valence-electron chi connectivity index (χ1n) is 5.96. The molecule has 1 aliphatic carbocycles. The predicted molar refractivity (Wildman–Crippen MR) is 65.1 cm³/mol. The second-order valence-corrected chi connectivity index (χ2v) is 5.18. The number of halogens is 3. The van der Waals surface area contributed by atoms with Gasteiger partial charge in [0.05, 0.1) is 0 Å². The third-order valence-corrected chi connectivity index (χ3v) is 3.69. The Kier molecular flexibility index (Phi) is 4.35. The summed E-state index contributed by atoms with van der Waals surface area (Å²) in [5.74, 6) is -1.02. The summed E-state index contributed by atoms with van der Waals surface area (Å²) in [5, 5.41) is 3.59. The van der Waals surface area contributed by atoms with Crippen molar-refractivity contribution in [3.05, 3.63) is 35.4 Å². The van der Waals surface area contributed by atoms with Crippen molar-refractivity contribution in [1.29, 1.82) is 0 Å². The van der Waals surface area contributed by atoms with Crippen molar-refractivity contribution in [3.63, 3.8) is 0 Å². The van der Waals surface area contributed by atoms with Gasteiger partial charge in [-0.15, -0.1) is 11.6 Å². The molecule has 0 amide bonds. The van der Waals surface area contributed by atoms with Gasteiger partial charge < -0.3 is 5.32 Å². The first kappa shape index (κ1) is 12.8. The van der Waals surface area contributed by atoms with E-state index in [9.17, 15) is 8.78 Å². The van der Waals surface area contributed by atoms with Gasteiger partial charge in [-0.3, -0.25) is 0 Å². The standard InChI is InChI=1S/C13H16ClF2N/c14-10-2-5-12(6-3-10)17-8-9-1-4-11(15)7-13(9)16/h1,4,7,10,12,17H,2-3,5-6,8H2. The lowest BCUT2D eigenvalue weighted by Gasteiger charge is -2.26. The van der Waals surface area contributed by atoms with Crippen LogP contribution < -0.4 is 5.32 Å². The van der Waals surface area contributed by atoms with E-state index in [0.717, 1.165) is 31.7 Å². The van der Waals surface area contributed by atoms with Crippen molar-refractivity contribution in [1.82, 2.24) is 5.32 Å². The summed E-state index contributed by atoms with van der Waals surface area (Å²) in [5.41, 5.74) is 0.513. The molecule has 0 radical (unpaired) electrons. The van der Waals surface area contributed by atoms with Gasteiger partial charge in [0.2, 0.25) is 0 Å². The molecular weight excluding hydrogens is 244 g/mol. The Morgan fingerprint density at radius 2 is 1.88 bits per heavy atom. The minimum atomic E-state index is -0.533. The number of hydrogen-bond acceptors (Lipinski definition) is 1. The van der Waals surface area contributed by atoms with Crippen LogP contribution in [-0.4, -0.2) is 11.4 Å². The van der Waals surface area contributed by atoms with E-state index in [-0.39, 0.29) is 5.38 Å². The second-order valence-electron chi connectivity index (χ2n) is 4.57. The Labute approximate surface area is 105 Å². The highest BCUT2D eigenvalue weighted by Crippen LogP contribution is 2.23. The summed E-state index contributed by atoms with van der Waals surface area (Å²) in [6.45, 7) is 0.448. The largest absolute Gasteiger partial charge is 0.310 e. The molecule has 1 aliphatic rings. The van der Waals surface area contributed by atoms with Crippen LogP contribution in [0, 0.1) is 11.6 Å². The van der Waals surface area contributed by atoms with Crippen LogP contribution in [0.15, 0.2) is 18.2 Å². The number of alkyl halides is 1. The van der Waals surface area contributed by atoms with E-state index in [4.69, 9.17) is 11.6 Å². The molecule has 4 heteroatoms. The van der Waals surface area contributed by atoms with E-state index < -0.39 is 11.6 Å². The van der Waals surface area contributed by atoms with E-state index in [1.807, 2.05) is 0 Å². The van der Waals surface area contributed by atoms with Crippen molar-refractivity contribution < 1.29 is 8.78 Å². The zero-order valence-corrected chi connectivity index (χ0v) is 10.3. The van der Waals surface area contributed by atoms with Crippen molar-refractivity contribution in [2.75, 3.05) is 0 Å². The van der Waals surface area contributed by atoms with Crippen molar-refractivity contribution >= 4 is 11.6 Å². The van der Waals surface area contributed by atoms with E-state index >= 15 is 0 Å². The molecule has 0 unspecified atom stereocenters. The van der Waals surface area contributed by atoms with Crippen LogP contribution in [0.3, 0.4) is 0 Å². The summed E-state index contributed by atoms with van der Waals surface area (Å²) < 4.78 is 26.1. The Hall–Kier alpha value is -0.670. The van der Waals surface area contributed by atoms with Gasteiger partial charge in [-0.05, 0) is 31.7 Å². The number of benzene rings is 1. The van der Waals surface area contributed by atoms with Gasteiger partial charge in [0.1, 0.15) is 11.6 Å². The first-order valence-corrected chi connectivity index (χ1v) is 6.40. The van der Waals surface area contributed by atoms with Crippen LogP contribution in [0.25, 0.3) is 0 Å². The van der Waals surface area contributed by atoms with Crippen LogP contribution in [0.2, 0.25) is 0 Å². The average Bonchev–Trinajstić information content (AvgIpc) is 2.30. The molecule has 0 heterocycles. The molecule has 0 aliphatic heterocycles. The third-order valence-electron chi connectivity index (χ3n) is 3.25. The van der Waals surface area contributed by atoms with Crippen LogP contribution in [0.5, 0.6) is 0 Å². The Morgan fingerprint density at radius 1 is 1.18 bits per heavy atom. The van der Waals surface area contributed by atoms with Gasteiger partial charge >= 0.3 is 0 Å². The summed E-state index contributed by atoms with van der Waals surface area (Å²) in [6, 6.07) is 4.10. The van der Waals surface area contributed by atoms with Gasteiger partial charge in [0, 0.05) is 29.6 Å². The lowest BCUT2D eigenvalue weighted by molar-refractivity contribution is 0.373. The normalized spacial score (nSPS) is 24.9. The Balaban J connectivity index is 1.85. The summed E-state index contributed by atoms with van der Waals surface area (Å²) >= 11 is 6.01. The molecule has 94 valence electrons. The Morgan fingerprint density at radius 3 is 2.53 bits per heavy atom. The molecule has 17 heavy (non-hydrogen) atoms. The van der Waals surface area contributed by atoms with Gasteiger partial charge in [-0.2, -0.15) is 0 Å². The second kappa shape index (κ2) is 5.78. The fourth-order valence-electron chi connectivity index (χ4n) is 2.18. The SMILES string of the molecule is Fc1ccc(CNC2CCC(Cl)CC2)c(F)c1. The van der Waals surface area contributed by atoms with Gasteiger partial charge in [-0.1, -0.05) is 6.07 Å². The van der Waals surface area contributed by atoms with E-state index in [2.05, 4.69) is 5.32 Å². The van der Waals surface area contributed by atoms with Crippen molar-refractivity contribution in [3.8, 4) is 0 Å². The molecule has 0 spiro atoms. The number of hydrogen-bond donors (Lipinski definition) is 1. The summed E-state index contributed by atoms with van der Waals surface area (Å²) in [7, 11) is 0. The molecule has 0 aromatic heterocycles. The minimum Gasteiger partial charge on any atom is -0.310 e. The highest BCUT2D eigenvalue weighted by Gasteiger charge is 2.19. The minimum absolute atomic E-state index is 0.288. The average molecular weight is 260 g/mol. The fourth-order valence-corrected chi connectivity index (χ4v) is 2.43. The molecular formula is C13H16ClF2N. The topological polar surface area (TPSA) is 12.0 Å². The maximum absolute atomic E-state index is 13.4. The van der Waals surface area contributed by atoms with Crippen molar-refractivity contribution in [2.45, 2.75) is 43.6 Å². The highest BCUT2D eigenvalue weighted by atomic mass is 35.5. The zero-order chi connectivity index (χ0) is 12.3. The number of nitrogens with one attached hydrogen (secondary N) is 1. The monoisotopic (exact) mass is 259 g/mol. The van der Waals surface area contributed by atoms with Crippen LogP contribution >= 0.6 is 11.6 Å². The Bertz CT molecular complexity index is 376. The third kappa shape index (κ3) is 3.65. The summed E-state index contributed by atoms with van der Waals surface area (Å²) in [6.07, 6.45) is 4.06. The quantitative estimate of drug-likeness (QED) is 0.818. The molecule has 1 nitrogen and oxygen atoms in total. The molecule has 1 N–H and O–H groups in total. The highest BCUT2D eigenvalue weighted by molar-refractivity contribution is 6.20. The summed E-state index contributed by atoms with van der Waals surface area (Å²) in [4.78, 5) is 0. The van der Waals surface area contributed by atoms with E-state index in [1.165, 1.54) is 12.1 Å². The molecule has 1 aromatic carbocycles. The zero-order valence-electron chi connectivity index (χ0n) is 9.56. The maximum atomic E-state index is 13.4. The van der Waals surface area contributed by atoms with Crippen LogP contribution in [0.4, 0.5) is 8.78 Å². The van der Waals surface area contributed by atoms with Crippen LogP contribution in [-0.2, 0) is 6.54 Å². The molecule has 2 rings (SSSR count). The number of rotatable bonds is 3. The maximum Gasteiger partial charge on any atom is 0.130 e. The lowest BCUT2D eigenvalue weighted by Crippen LogP contribution is -2.33. The molecule has 1 aromatic rings. The predicted octanol–water partition coefficient (Wildman–Crippen LogP) is 3.60. The molecule has 1 saturated carbocycles. The van der Waals surface area contributed by atoms with E-state index in [1.54, 1.807) is 0 Å². The van der Waals surface area contributed by atoms with Gasteiger partial charge in [0.25, 0.3) is 0 Å². The first-order chi connectivity index (χ1) is 8.15. The lowest BCUT2D eigenvalue weighted by atomic mass is 9.95. The molecule has 0 atom stereocenters. The van der Waals surface area contributed by atoms with Crippen LogP contribution in [0.1, 0.15) is 31.2 Å². The van der Waals surface area contributed by atoms with E-state index in [0.29, 0.717) is 18.2 Å². The van der Waals surface area contributed by atoms with Crippen molar-refractivity contribution in [2.24, 2.45) is 0 Å². The fraction of sp³-hybridized carbons (Fsp3) is 0.538. The van der Waals surface area contributed by atoms with Gasteiger partial charge in [0.15, 0.2) is 0 Å². The molecule has 0 saturated heterocycles. The molecule has 0 bridgehead atoms. The smallest absolute Gasteiger partial charge is 0.130 e. The van der Waals surface area contributed by atoms with Gasteiger partial charge in [-0.25, -0.2) is 8.78 Å². The molecule has 1 fully saturated rings.